The monoisotopic (exact) mass is 200 g/mol. The lowest BCUT2D eigenvalue weighted by Gasteiger charge is -2.00. The molecule has 0 radical (unpaired) electrons. The summed E-state index contributed by atoms with van der Waals surface area (Å²) in [5, 5.41) is 11.4. The molecule has 0 spiro atoms. The molecule has 0 bridgehead atoms. The van der Waals surface area contributed by atoms with Gasteiger partial charge in [-0.05, 0) is 11.6 Å². The summed E-state index contributed by atoms with van der Waals surface area (Å²) in [5.41, 5.74) is 1.50. The first-order valence-electron chi connectivity index (χ1n) is 4.62. The number of carbonyl (C=O) groups excluding carboxylic acids is 1. The molecule has 0 aliphatic heterocycles. The van der Waals surface area contributed by atoms with E-state index in [1.807, 2.05) is 30.3 Å². The van der Waals surface area contributed by atoms with Crippen LogP contribution in [0.3, 0.4) is 0 Å². The molecular formula is C12H12N2O. The zero-order valence-corrected chi connectivity index (χ0v) is 8.53. The molecule has 0 fully saturated rings. The van der Waals surface area contributed by atoms with Crippen LogP contribution in [0.5, 0.6) is 0 Å². The van der Waals surface area contributed by atoms with Gasteiger partial charge in [-0.3, -0.25) is 4.79 Å². The maximum atomic E-state index is 10.7. The highest BCUT2D eigenvalue weighted by Crippen LogP contribution is 2.04. The average molecular weight is 200 g/mol. The van der Waals surface area contributed by atoms with Gasteiger partial charge >= 0.3 is 0 Å². The quantitative estimate of drug-likeness (QED) is 0.755. The van der Waals surface area contributed by atoms with Gasteiger partial charge in [0.1, 0.15) is 0 Å². The van der Waals surface area contributed by atoms with Crippen molar-refractivity contribution in [2.45, 2.75) is 6.92 Å². The molecule has 1 amide bonds. The predicted octanol–water partition coefficient (Wildman–Crippen LogP) is 1.73. The van der Waals surface area contributed by atoms with Crippen molar-refractivity contribution < 1.29 is 4.79 Å². The smallest absolute Gasteiger partial charge is 0.217 e. The van der Waals surface area contributed by atoms with Crippen molar-refractivity contribution in [3.63, 3.8) is 0 Å². The summed E-state index contributed by atoms with van der Waals surface area (Å²) in [6, 6.07) is 11.6. The number of benzene rings is 1. The van der Waals surface area contributed by atoms with E-state index >= 15 is 0 Å². The van der Waals surface area contributed by atoms with Crippen LogP contribution in [-0.4, -0.2) is 12.5 Å². The molecule has 3 nitrogen and oxygen atoms in total. The van der Waals surface area contributed by atoms with E-state index in [1.54, 1.807) is 6.08 Å². The summed E-state index contributed by atoms with van der Waals surface area (Å²) < 4.78 is 0. The molecule has 0 aliphatic carbocycles. The van der Waals surface area contributed by atoms with Crippen LogP contribution in [0.1, 0.15) is 12.5 Å². The fourth-order valence-corrected chi connectivity index (χ4v) is 1.09. The van der Waals surface area contributed by atoms with E-state index in [4.69, 9.17) is 5.26 Å². The number of carbonyl (C=O) groups is 1. The number of amides is 1. The van der Waals surface area contributed by atoms with Crippen molar-refractivity contribution in [1.29, 1.82) is 5.26 Å². The highest BCUT2D eigenvalue weighted by atomic mass is 16.1. The Morgan fingerprint density at radius 2 is 2.13 bits per heavy atom. The molecule has 76 valence electrons. The minimum Gasteiger partial charge on any atom is -0.352 e. The van der Waals surface area contributed by atoms with Crippen molar-refractivity contribution in [1.82, 2.24) is 5.32 Å². The minimum atomic E-state index is -0.135. The molecule has 0 saturated carbocycles. The minimum absolute atomic E-state index is 0.135. The van der Waals surface area contributed by atoms with Crippen molar-refractivity contribution in [2.75, 3.05) is 6.54 Å². The van der Waals surface area contributed by atoms with Gasteiger partial charge in [-0.15, -0.1) is 0 Å². The molecule has 1 aromatic carbocycles. The van der Waals surface area contributed by atoms with Crippen LogP contribution in [0.25, 0.3) is 6.08 Å². The Balaban J connectivity index is 2.71. The first-order valence-corrected chi connectivity index (χ1v) is 4.62. The van der Waals surface area contributed by atoms with Gasteiger partial charge in [-0.25, -0.2) is 0 Å². The van der Waals surface area contributed by atoms with Crippen molar-refractivity contribution in [2.24, 2.45) is 0 Å². The zero-order chi connectivity index (χ0) is 11.1. The third-order valence-corrected chi connectivity index (χ3v) is 1.81. The Morgan fingerprint density at radius 3 is 2.67 bits per heavy atom. The summed E-state index contributed by atoms with van der Waals surface area (Å²) in [5.74, 6) is -0.135. The molecule has 1 rings (SSSR count). The molecule has 15 heavy (non-hydrogen) atoms. The van der Waals surface area contributed by atoms with Crippen LogP contribution in [0.15, 0.2) is 35.9 Å². The molecule has 0 unspecified atom stereocenters. The van der Waals surface area contributed by atoms with E-state index in [9.17, 15) is 4.79 Å². The van der Waals surface area contributed by atoms with Gasteiger partial charge in [0.2, 0.25) is 5.91 Å². The molecular weight excluding hydrogens is 188 g/mol. The molecule has 0 atom stereocenters. The van der Waals surface area contributed by atoms with Gasteiger partial charge in [0.25, 0.3) is 0 Å². The van der Waals surface area contributed by atoms with Crippen LogP contribution in [0.2, 0.25) is 0 Å². The number of nitrogens with one attached hydrogen (secondary N) is 1. The van der Waals surface area contributed by atoms with Gasteiger partial charge in [-0.1, -0.05) is 30.3 Å². The van der Waals surface area contributed by atoms with E-state index in [1.165, 1.54) is 6.92 Å². The second-order valence-electron chi connectivity index (χ2n) is 3.10. The highest BCUT2D eigenvalue weighted by molar-refractivity contribution is 5.73. The van der Waals surface area contributed by atoms with Gasteiger partial charge in [-0.2, -0.15) is 5.26 Å². The summed E-state index contributed by atoms with van der Waals surface area (Å²) in [6.07, 6.45) is 1.76. The Kier molecular flexibility index (Phi) is 4.11. The first-order chi connectivity index (χ1) is 7.22. The van der Waals surface area contributed by atoms with Crippen LogP contribution < -0.4 is 5.32 Å². The lowest BCUT2D eigenvalue weighted by molar-refractivity contribution is -0.118. The Morgan fingerprint density at radius 1 is 1.47 bits per heavy atom. The number of nitrogens with zero attached hydrogens (tertiary/aromatic N) is 1. The fraction of sp³-hybridized carbons (Fsp3) is 0.167. The maximum Gasteiger partial charge on any atom is 0.217 e. The molecule has 0 aromatic heterocycles. The van der Waals surface area contributed by atoms with Crippen LogP contribution in [-0.2, 0) is 4.79 Å². The number of nitriles is 1. The SMILES string of the molecule is CC(=O)NC/C(C#N)=C/c1ccccc1. The first kappa shape index (κ1) is 11.0. The second kappa shape index (κ2) is 5.61. The highest BCUT2D eigenvalue weighted by Gasteiger charge is 1.97. The van der Waals surface area contributed by atoms with Crippen molar-refractivity contribution in [3.8, 4) is 6.07 Å². The van der Waals surface area contributed by atoms with E-state index in [-0.39, 0.29) is 12.5 Å². The Bertz CT molecular complexity index is 401. The van der Waals surface area contributed by atoms with E-state index in [2.05, 4.69) is 11.4 Å². The largest absolute Gasteiger partial charge is 0.352 e. The Hall–Kier alpha value is -2.08. The third kappa shape index (κ3) is 4.10. The summed E-state index contributed by atoms with van der Waals surface area (Å²) in [6.45, 7) is 1.71. The van der Waals surface area contributed by atoms with E-state index in [0.717, 1.165) is 5.56 Å². The van der Waals surface area contributed by atoms with Gasteiger partial charge in [0, 0.05) is 12.5 Å². The number of rotatable bonds is 3. The lowest BCUT2D eigenvalue weighted by atomic mass is 10.1. The van der Waals surface area contributed by atoms with Crippen molar-refractivity contribution >= 4 is 12.0 Å². The predicted molar refractivity (Wildman–Crippen MR) is 58.7 cm³/mol. The van der Waals surface area contributed by atoms with Crippen LogP contribution in [0.4, 0.5) is 0 Å². The maximum absolute atomic E-state index is 10.7. The summed E-state index contributed by atoms with van der Waals surface area (Å²) >= 11 is 0. The molecule has 0 heterocycles. The molecule has 1 N–H and O–H groups in total. The average Bonchev–Trinajstić information content (AvgIpc) is 2.25. The third-order valence-electron chi connectivity index (χ3n) is 1.81. The van der Waals surface area contributed by atoms with Crippen LogP contribution in [0, 0.1) is 11.3 Å². The van der Waals surface area contributed by atoms with Crippen LogP contribution >= 0.6 is 0 Å². The summed E-state index contributed by atoms with van der Waals surface area (Å²) in [4.78, 5) is 10.7. The molecule has 0 saturated heterocycles. The van der Waals surface area contributed by atoms with Gasteiger partial charge < -0.3 is 5.32 Å². The van der Waals surface area contributed by atoms with Crippen molar-refractivity contribution in [3.05, 3.63) is 41.5 Å². The molecule has 3 heteroatoms. The number of hydrogen-bond donors (Lipinski definition) is 1. The van der Waals surface area contributed by atoms with E-state index < -0.39 is 0 Å². The standard InChI is InChI=1S/C12H12N2O/c1-10(15)14-9-12(8-13)7-11-5-3-2-4-6-11/h2-7H,9H2,1H3,(H,14,15)/b12-7+. The second-order valence-corrected chi connectivity index (χ2v) is 3.10. The normalized spacial score (nSPS) is 10.5. The molecule has 1 aromatic rings. The Labute approximate surface area is 89.0 Å². The lowest BCUT2D eigenvalue weighted by Crippen LogP contribution is -2.21. The van der Waals surface area contributed by atoms with Gasteiger partial charge in [0.15, 0.2) is 0 Å². The number of hydrogen-bond acceptors (Lipinski definition) is 2. The zero-order valence-electron chi connectivity index (χ0n) is 8.53. The topological polar surface area (TPSA) is 52.9 Å². The fourth-order valence-electron chi connectivity index (χ4n) is 1.09. The molecule has 0 aliphatic rings. The summed E-state index contributed by atoms with van der Waals surface area (Å²) in [7, 11) is 0. The van der Waals surface area contributed by atoms with E-state index in [0.29, 0.717) is 5.57 Å². The van der Waals surface area contributed by atoms with Gasteiger partial charge in [0.05, 0.1) is 12.6 Å².